The molecule has 0 bridgehead atoms. The normalized spacial score (nSPS) is 18.3. The van der Waals surface area contributed by atoms with E-state index in [1.165, 1.54) is 0 Å². The van der Waals surface area contributed by atoms with Crippen LogP contribution in [-0.2, 0) is 14.3 Å². The van der Waals surface area contributed by atoms with E-state index in [0.717, 1.165) is 25.9 Å². The molecule has 1 N–H and O–H groups in total. The fourth-order valence-corrected chi connectivity index (χ4v) is 1.47. The molecular formula is C11H21NO3. The summed E-state index contributed by atoms with van der Waals surface area (Å²) < 4.78 is 10.7. The molecule has 4 heteroatoms. The third-order valence-corrected chi connectivity index (χ3v) is 2.34. The van der Waals surface area contributed by atoms with Crippen LogP contribution >= 0.6 is 0 Å². The van der Waals surface area contributed by atoms with E-state index in [2.05, 4.69) is 5.32 Å². The number of piperidine rings is 1. The summed E-state index contributed by atoms with van der Waals surface area (Å²) in [6, 6.07) is 0. The molecule has 1 saturated heterocycles. The zero-order valence-corrected chi connectivity index (χ0v) is 9.62. The second-order valence-electron chi connectivity index (χ2n) is 4.16. The van der Waals surface area contributed by atoms with Gasteiger partial charge in [0.15, 0.2) is 5.78 Å². The van der Waals surface area contributed by atoms with Crippen molar-refractivity contribution in [3.8, 4) is 0 Å². The van der Waals surface area contributed by atoms with Gasteiger partial charge >= 0.3 is 0 Å². The molecule has 15 heavy (non-hydrogen) atoms. The minimum atomic E-state index is 0.0298. The van der Waals surface area contributed by atoms with Gasteiger partial charge < -0.3 is 14.8 Å². The third kappa shape index (κ3) is 5.87. The lowest BCUT2D eigenvalue weighted by Crippen LogP contribution is -2.34. The predicted octanol–water partition coefficient (Wildman–Crippen LogP) is 0.749. The molecule has 0 atom stereocenters. The molecule has 1 heterocycles. The van der Waals surface area contributed by atoms with Gasteiger partial charge in [-0.05, 0) is 39.8 Å². The number of rotatable bonds is 6. The van der Waals surface area contributed by atoms with Gasteiger partial charge in [-0.2, -0.15) is 0 Å². The molecule has 88 valence electrons. The molecule has 0 unspecified atom stereocenters. The molecule has 1 fully saturated rings. The Morgan fingerprint density at radius 1 is 1.33 bits per heavy atom. The van der Waals surface area contributed by atoms with E-state index in [0.29, 0.717) is 0 Å². The van der Waals surface area contributed by atoms with Crippen LogP contribution < -0.4 is 5.32 Å². The van der Waals surface area contributed by atoms with E-state index in [4.69, 9.17) is 9.47 Å². The zero-order valence-electron chi connectivity index (χ0n) is 9.62. The van der Waals surface area contributed by atoms with E-state index >= 15 is 0 Å². The quantitative estimate of drug-likeness (QED) is 0.710. The van der Waals surface area contributed by atoms with Crippen molar-refractivity contribution in [3.63, 3.8) is 0 Å². The molecule has 0 radical (unpaired) electrons. The lowest BCUT2D eigenvalue weighted by atomic mass is 10.1. The average molecular weight is 215 g/mol. The molecule has 0 aliphatic carbocycles. The molecule has 1 aliphatic heterocycles. The topological polar surface area (TPSA) is 47.6 Å². The molecule has 1 aliphatic rings. The van der Waals surface area contributed by atoms with E-state index in [9.17, 15) is 4.79 Å². The maximum Gasteiger partial charge on any atom is 0.184 e. The highest BCUT2D eigenvalue weighted by molar-refractivity contribution is 5.80. The summed E-state index contributed by atoms with van der Waals surface area (Å²) in [5.74, 6) is 0.0298. The molecule has 0 aromatic rings. The first-order chi connectivity index (χ1) is 7.18. The van der Waals surface area contributed by atoms with Gasteiger partial charge in [0.1, 0.15) is 13.2 Å². The molecule has 4 nitrogen and oxygen atoms in total. The van der Waals surface area contributed by atoms with Gasteiger partial charge in [-0.25, -0.2) is 0 Å². The van der Waals surface area contributed by atoms with Gasteiger partial charge in [0.05, 0.1) is 12.2 Å². The zero-order chi connectivity index (χ0) is 11.1. The van der Waals surface area contributed by atoms with Gasteiger partial charge in [0.2, 0.25) is 0 Å². The Morgan fingerprint density at radius 3 is 2.60 bits per heavy atom. The fourth-order valence-electron chi connectivity index (χ4n) is 1.47. The molecule has 0 spiro atoms. The van der Waals surface area contributed by atoms with Gasteiger partial charge in [-0.1, -0.05) is 0 Å². The van der Waals surface area contributed by atoms with E-state index < -0.39 is 0 Å². The minimum absolute atomic E-state index is 0.0298. The summed E-state index contributed by atoms with van der Waals surface area (Å²) in [4.78, 5) is 11.3. The Labute approximate surface area is 91.3 Å². The Balaban J connectivity index is 2.05. The van der Waals surface area contributed by atoms with Gasteiger partial charge in [0.25, 0.3) is 0 Å². The summed E-state index contributed by atoms with van der Waals surface area (Å²) in [6.45, 7) is 6.17. The van der Waals surface area contributed by atoms with Crippen molar-refractivity contribution in [2.45, 2.75) is 38.9 Å². The van der Waals surface area contributed by atoms with Crippen molar-refractivity contribution in [1.82, 2.24) is 5.32 Å². The van der Waals surface area contributed by atoms with E-state index in [-0.39, 0.29) is 31.2 Å². The number of ketones is 1. The van der Waals surface area contributed by atoms with Crippen molar-refractivity contribution >= 4 is 5.78 Å². The highest BCUT2D eigenvalue weighted by atomic mass is 16.5. The van der Waals surface area contributed by atoms with Gasteiger partial charge in [-0.15, -0.1) is 0 Å². The number of hydrogen-bond donors (Lipinski definition) is 1. The van der Waals surface area contributed by atoms with Crippen molar-refractivity contribution in [3.05, 3.63) is 0 Å². The Kier molecular flexibility index (Phi) is 5.83. The largest absolute Gasteiger partial charge is 0.371 e. The Bertz CT molecular complexity index is 188. The monoisotopic (exact) mass is 215 g/mol. The van der Waals surface area contributed by atoms with Crippen molar-refractivity contribution in [2.75, 3.05) is 26.3 Å². The first-order valence-corrected chi connectivity index (χ1v) is 5.64. The Morgan fingerprint density at radius 2 is 2.00 bits per heavy atom. The van der Waals surface area contributed by atoms with Crippen LogP contribution in [0.25, 0.3) is 0 Å². The molecule has 0 aromatic heterocycles. The predicted molar refractivity (Wildman–Crippen MR) is 57.9 cm³/mol. The maximum absolute atomic E-state index is 11.3. The van der Waals surface area contributed by atoms with Crippen LogP contribution in [0.1, 0.15) is 26.7 Å². The van der Waals surface area contributed by atoms with Crippen LogP contribution in [0.3, 0.4) is 0 Å². The number of carbonyl (C=O) groups excluding carboxylic acids is 1. The fraction of sp³-hybridized carbons (Fsp3) is 0.909. The second-order valence-corrected chi connectivity index (χ2v) is 4.16. The van der Waals surface area contributed by atoms with Crippen LogP contribution in [0, 0.1) is 0 Å². The SMILES string of the molecule is CC(C)OCC(=O)COC1CCNCC1. The van der Waals surface area contributed by atoms with E-state index in [1.807, 2.05) is 13.8 Å². The summed E-state index contributed by atoms with van der Waals surface area (Å²) in [7, 11) is 0. The Hall–Kier alpha value is -0.450. The molecule has 0 saturated carbocycles. The number of hydrogen-bond acceptors (Lipinski definition) is 4. The maximum atomic E-state index is 11.3. The summed E-state index contributed by atoms with van der Waals surface area (Å²) >= 11 is 0. The lowest BCUT2D eigenvalue weighted by molar-refractivity contribution is -0.132. The van der Waals surface area contributed by atoms with Crippen LogP contribution in [0.5, 0.6) is 0 Å². The molecule has 0 aromatic carbocycles. The molecule has 1 rings (SSSR count). The van der Waals surface area contributed by atoms with Crippen molar-refractivity contribution in [2.24, 2.45) is 0 Å². The smallest absolute Gasteiger partial charge is 0.184 e. The molecular weight excluding hydrogens is 194 g/mol. The first-order valence-electron chi connectivity index (χ1n) is 5.64. The molecule has 0 amide bonds. The minimum Gasteiger partial charge on any atom is -0.371 e. The summed E-state index contributed by atoms with van der Waals surface area (Å²) in [5, 5.41) is 3.25. The summed E-state index contributed by atoms with van der Waals surface area (Å²) in [5.41, 5.74) is 0. The lowest BCUT2D eigenvalue weighted by Gasteiger charge is -2.22. The number of nitrogens with one attached hydrogen (secondary N) is 1. The second kappa shape index (κ2) is 6.93. The number of ether oxygens (including phenoxy) is 2. The van der Waals surface area contributed by atoms with Gasteiger partial charge in [0, 0.05) is 0 Å². The highest BCUT2D eigenvalue weighted by Gasteiger charge is 2.14. The highest BCUT2D eigenvalue weighted by Crippen LogP contribution is 2.06. The van der Waals surface area contributed by atoms with Crippen LogP contribution in [0.15, 0.2) is 0 Å². The summed E-state index contributed by atoms with van der Waals surface area (Å²) in [6.07, 6.45) is 2.35. The average Bonchev–Trinajstić information content (AvgIpc) is 2.25. The first kappa shape index (κ1) is 12.6. The van der Waals surface area contributed by atoms with Crippen molar-refractivity contribution < 1.29 is 14.3 Å². The third-order valence-electron chi connectivity index (χ3n) is 2.34. The van der Waals surface area contributed by atoms with Crippen LogP contribution in [0.4, 0.5) is 0 Å². The van der Waals surface area contributed by atoms with Gasteiger partial charge in [-0.3, -0.25) is 4.79 Å². The van der Waals surface area contributed by atoms with E-state index in [1.54, 1.807) is 0 Å². The number of carbonyl (C=O) groups is 1. The number of Topliss-reactive ketones (excluding diaryl/α,β-unsaturated/α-hetero) is 1. The van der Waals surface area contributed by atoms with Crippen LogP contribution in [-0.4, -0.2) is 44.3 Å². The standard InChI is InChI=1S/C11H21NO3/c1-9(2)14-7-10(13)8-15-11-3-5-12-6-4-11/h9,11-12H,3-8H2,1-2H3. The van der Waals surface area contributed by atoms with Crippen molar-refractivity contribution in [1.29, 1.82) is 0 Å². The van der Waals surface area contributed by atoms with Crippen LogP contribution in [0.2, 0.25) is 0 Å².